The average molecular weight is 521 g/mol. The highest BCUT2D eigenvalue weighted by Gasteiger charge is 2.36. The van der Waals surface area contributed by atoms with Crippen LogP contribution < -0.4 is 4.72 Å². The Hall–Kier alpha value is -3.31. The Balaban J connectivity index is 1.73. The number of amides is 1. The van der Waals surface area contributed by atoms with Gasteiger partial charge in [0.05, 0.1) is 30.3 Å². The molecule has 12 heteroatoms. The molecule has 10 nitrogen and oxygen atoms in total. The van der Waals surface area contributed by atoms with E-state index in [0.717, 1.165) is 4.68 Å². The molecule has 1 aliphatic heterocycles. The molecule has 0 unspecified atom stereocenters. The highest BCUT2D eigenvalue weighted by molar-refractivity contribution is 7.93. The fraction of sp³-hybridized carbons (Fsp3) is 0.348. The molecule has 1 N–H and O–H groups in total. The lowest BCUT2D eigenvalue weighted by atomic mass is 10.1. The van der Waals surface area contributed by atoms with Gasteiger partial charge in [-0.2, -0.15) is 4.68 Å². The van der Waals surface area contributed by atoms with E-state index in [-0.39, 0.29) is 30.4 Å². The van der Waals surface area contributed by atoms with E-state index in [0.29, 0.717) is 27.1 Å². The van der Waals surface area contributed by atoms with Gasteiger partial charge in [0, 0.05) is 21.4 Å². The molecular weight excluding hydrogens is 496 g/mol. The van der Waals surface area contributed by atoms with Crippen molar-refractivity contribution in [3.63, 3.8) is 0 Å². The van der Waals surface area contributed by atoms with Crippen LogP contribution in [0.4, 0.5) is 15.4 Å². The summed E-state index contributed by atoms with van der Waals surface area (Å²) in [6.07, 6.45) is -1.38. The Morgan fingerprint density at radius 3 is 2.46 bits per heavy atom. The zero-order valence-corrected chi connectivity index (χ0v) is 21.2. The lowest BCUT2D eigenvalue weighted by Crippen LogP contribution is -2.34. The van der Waals surface area contributed by atoms with Gasteiger partial charge in [-0.1, -0.05) is 35.9 Å². The minimum absolute atomic E-state index is 0.000991. The van der Waals surface area contributed by atoms with Crippen molar-refractivity contribution < 1.29 is 27.5 Å². The van der Waals surface area contributed by atoms with Gasteiger partial charge < -0.3 is 9.47 Å². The first-order valence-corrected chi connectivity index (χ1v) is 12.7. The molecule has 0 radical (unpaired) electrons. The van der Waals surface area contributed by atoms with E-state index in [9.17, 15) is 18.0 Å². The molecule has 186 valence electrons. The van der Waals surface area contributed by atoms with Crippen LogP contribution in [-0.2, 0) is 32.6 Å². The van der Waals surface area contributed by atoms with Crippen molar-refractivity contribution in [3.05, 3.63) is 52.7 Å². The summed E-state index contributed by atoms with van der Waals surface area (Å²) in [5.74, 6) is -0.0712. The molecule has 0 atom stereocenters. The number of carbonyl (C=O) groups is 2. The van der Waals surface area contributed by atoms with Gasteiger partial charge in [-0.25, -0.2) is 18.0 Å². The van der Waals surface area contributed by atoms with Crippen molar-refractivity contribution in [2.75, 3.05) is 11.3 Å². The molecule has 0 saturated heterocycles. The number of anilines is 1. The molecule has 35 heavy (non-hydrogen) atoms. The zero-order chi connectivity index (χ0) is 25.5. The van der Waals surface area contributed by atoms with Gasteiger partial charge in [-0.15, -0.1) is 5.10 Å². The quantitative estimate of drug-likeness (QED) is 0.527. The summed E-state index contributed by atoms with van der Waals surface area (Å²) in [4.78, 5) is 26.5. The SMILES string of the molecule is CCOC(=O)n1nc(NS(=O)(=O)c2cccc3c(Cl)cccc23)c2c1CN(C(=O)OC(C)(C)C)C2. The van der Waals surface area contributed by atoms with Crippen molar-refractivity contribution in [1.82, 2.24) is 14.7 Å². The smallest absolute Gasteiger partial charge is 0.435 e. The van der Waals surface area contributed by atoms with Gasteiger partial charge in [0.15, 0.2) is 5.82 Å². The Kier molecular flexibility index (Phi) is 6.41. The number of rotatable bonds is 4. The van der Waals surface area contributed by atoms with Gasteiger partial charge in [0.1, 0.15) is 5.60 Å². The monoisotopic (exact) mass is 520 g/mol. The van der Waals surface area contributed by atoms with Crippen LogP contribution in [0, 0.1) is 0 Å². The summed E-state index contributed by atoms with van der Waals surface area (Å²) in [5.41, 5.74) is -0.00208. The van der Waals surface area contributed by atoms with E-state index in [1.807, 2.05) is 0 Å². The lowest BCUT2D eigenvalue weighted by Gasteiger charge is -2.24. The van der Waals surface area contributed by atoms with Crippen LogP contribution in [0.1, 0.15) is 39.0 Å². The minimum Gasteiger partial charge on any atom is -0.448 e. The minimum atomic E-state index is -4.14. The van der Waals surface area contributed by atoms with Gasteiger partial charge in [0.2, 0.25) is 0 Å². The lowest BCUT2D eigenvalue weighted by molar-refractivity contribution is 0.0238. The number of hydrogen-bond donors (Lipinski definition) is 1. The summed E-state index contributed by atoms with van der Waals surface area (Å²) >= 11 is 6.24. The number of sulfonamides is 1. The number of ether oxygens (including phenoxy) is 2. The van der Waals surface area contributed by atoms with Gasteiger partial charge >= 0.3 is 12.2 Å². The Morgan fingerprint density at radius 2 is 1.77 bits per heavy atom. The van der Waals surface area contributed by atoms with Crippen molar-refractivity contribution in [1.29, 1.82) is 0 Å². The first-order valence-electron chi connectivity index (χ1n) is 10.9. The molecule has 0 bridgehead atoms. The normalized spacial score (nSPS) is 13.6. The van der Waals surface area contributed by atoms with Crippen molar-refractivity contribution in [3.8, 4) is 0 Å². The van der Waals surface area contributed by atoms with Crippen LogP contribution >= 0.6 is 11.6 Å². The fourth-order valence-electron chi connectivity index (χ4n) is 3.77. The number of halogens is 1. The maximum absolute atomic E-state index is 13.4. The molecule has 1 aliphatic rings. The predicted octanol–water partition coefficient (Wildman–Crippen LogP) is 4.75. The maximum atomic E-state index is 13.4. The van der Waals surface area contributed by atoms with Crippen LogP contribution in [0.15, 0.2) is 41.3 Å². The number of nitrogens with zero attached hydrogens (tertiary/aromatic N) is 3. The molecule has 1 amide bonds. The molecule has 0 aliphatic carbocycles. The van der Waals surface area contributed by atoms with Gasteiger partial charge in [0.25, 0.3) is 10.0 Å². The fourth-order valence-corrected chi connectivity index (χ4v) is 5.27. The van der Waals surface area contributed by atoms with Crippen LogP contribution in [0.2, 0.25) is 5.02 Å². The predicted molar refractivity (Wildman–Crippen MR) is 130 cm³/mol. The number of carbonyl (C=O) groups excluding carboxylic acids is 2. The molecule has 4 rings (SSSR count). The van der Waals surface area contributed by atoms with Crippen molar-refractivity contribution >= 4 is 50.4 Å². The molecule has 2 heterocycles. The number of benzene rings is 2. The van der Waals surface area contributed by atoms with E-state index in [1.165, 1.54) is 11.0 Å². The number of aromatic nitrogens is 2. The van der Waals surface area contributed by atoms with Crippen LogP contribution in [0.25, 0.3) is 10.8 Å². The summed E-state index contributed by atoms with van der Waals surface area (Å²) < 4.78 is 40.8. The molecule has 0 spiro atoms. The maximum Gasteiger partial charge on any atom is 0.435 e. The Morgan fingerprint density at radius 1 is 1.09 bits per heavy atom. The second kappa shape index (κ2) is 9.04. The van der Waals surface area contributed by atoms with E-state index >= 15 is 0 Å². The number of hydrogen-bond acceptors (Lipinski definition) is 7. The molecule has 2 aromatic carbocycles. The number of fused-ring (bicyclic) bond motifs is 2. The van der Waals surface area contributed by atoms with Gasteiger partial charge in [-0.05, 0) is 39.8 Å². The highest BCUT2D eigenvalue weighted by atomic mass is 35.5. The summed E-state index contributed by atoms with van der Waals surface area (Å²) in [6, 6.07) is 9.76. The molecule has 1 aromatic heterocycles. The van der Waals surface area contributed by atoms with Crippen LogP contribution in [0.3, 0.4) is 0 Å². The first-order chi connectivity index (χ1) is 16.4. The molecular formula is C23H25ClN4O6S. The van der Waals surface area contributed by atoms with E-state index in [1.54, 1.807) is 58.0 Å². The average Bonchev–Trinajstić information content (AvgIpc) is 3.33. The number of nitrogens with one attached hydrogen (secondary N) is 1. The second-order valence-corrected chi connectivity index (χ2v) is 11.0. The largest absolute Gasteiger partial charge is 0.448 e. The molecule has 0 saturated carbocycles. The highest BCUT2D eigenvalue weighted by Crippen LogP contribution is 2.34. The third-order valence-corrected chi connectivity index (χ3v) is 6.95. The Bertz CT molecular complexity index is 1430. The third kappa shape index (κ3) is 4.92. The molecule has 0 fully saturated rings. The Labute approximate surface area is 207 Å². The standard InChI is InChI=1S/C23H25ClN4O6S/c1-5-33-22(30)28-18-13-27(21(29)34-23(2,3)4)12-16(18)20(25-28)26-35(31,32)19-11-7-8-14-15(19)9-6-10-17(14)24/h6-11H,5,12-13H2,1-4H3,(H,25,26). The summed E-state index contributed by atoms with van der Waals surface area (Å²) in [6.45, 7) is 6.97. The van der Waals surface area contributed by atoms with E-state index in [2.05, 4.69) is 9.82 Å². The third-order valence-electron chi connectivity index (χ3n) is 5.22. The van der Waals surface area contributed by atoms with Crippen LogP contribution in [0.5, 0.6) is 0 Å². The van der Waals surface area contributed by atoms with Crippen LogP contribution in [-0.4, -0.2) is 47.5 Å². The zero-order valence-electron chi connectivity index (χ0n) is 19.7. The van der Waals surface area contributed by atoms with Crippen molar-refractivity contribution in [2.24, 2.45) is 0 Å². The first kappa shape index (κ1) is 24.8. The summed E-state index contributed by atoms with van der Waals surface area (Å²) in [5, 5.41) is 5.60. The second-order valence-electron chi connectivity index (χ2n) is 8.92. The summed E-state index contributed by atoms with van der Waals surface area (Å²) in [7, 11) is -4.14. The van der Waals surface area contributed by atoms with E-state index in [4.69, 9.17) is 21.1 Å². The van der Waals surface area contributed by atoms with Crippen molar-refractivity contribution in [2.45, 2.75) is 51.3 Å². The van der Waals surface area contributed by atoms with Gasteiger partial charge in [-0.3, -0.25) is 9.62 Å². The topological polar surface area (TPSA) is 120 Å². The molecule has 3 aromatic rings. The van der Waals surface area contributed by atoms with E-state index < -0.39 is 27.8 Å².